The summed E-state index contributed by atoms with van der Waals surface area (Å²) in [5, 5.41) is 6.87. The van der Waals surface area contributed by atoms with Crippen LogP contribution in [0.25, 0.3) is 0 Å². The minimum Gasteiger partial charge on any atom is -0.378 e. The predicted molar refractivity (Wildman–Crippen MR) is 112 cm³/mol. The van der Waals surface area contributed by atoms with Crippen molar-refractivity contribution in [1.82, 2.24) is 15.5 Å². The van der Waals surface area contributed by atoms with Crippen molar-refractivity contribution < 1.29 is 4.74 Å². The number of likely N-dealkylation sites (tertiary alicyclic amines) is 1. The van der Waals surface area contributed by atoms with Crippen molar-refractivity contribution >= 4 is 29.9 Å². The molecule has 2 rings (SSSR count). The molecule has 1 aliphatic heterocycles. The molecule has 142 valence electrons. The first-order chi connectivity index (χ1) is 11.3. The molecule has 0 aromatic heterocycles. The molecular formula is C18H37IN4O. The molecule has 0 bridgehead atoms. The third kappa shape index (κ3) is 8.85. The lowest BCUT2D eigenvalue weighted by molar-refractivity contribution is 0.0277. The molecule has 1 atom stereocenters. The molecule has 24 heavy (non-hydrogen) atoms. The summed E-state index contributed by atoms with van der Waals surface area (Å²) in [6.45, 7) is 5.24. The van der Waals surface area contributed by atoms with Crippen LogP contribution in [0.1, 0.15) is 51.4 Å². The number of nitrogens with one attached hydrogen (secondary N) is 2. The highest BCUT2D eigenvalue weighted by molar-refractivity contribution is 14.0. The van der Waals surface area contributed by atoms with Crippen LogP contribution in [0, 0.1) is 5.92 Å². The SMILES string of the molecule is CN=C(NCCCOC1CCCCC1)NCC1CCCN(C)C1.I. The van der Waals surface area contributed by atoms with Gasteiger partial charge in [-0.05, 0) is 51.6 Å². The Morgan fingerprint density at radius 1 is 1.12 bits per heavy atom. The Morgan fingerprint density at radius 2 is 1.92 bits per heavy atom. The monoisotopic (exact) mass is 452 g/mol. The van der Waals surface area contributed by atoms with E-state index in [1.807, 2.05) is 7.05 Å². The first-order valence-electron chi connectivity index (χ1n) is 9.52. The van der Waals surface area contributed by atoms with E-state index >= 15 is 0 Å². The average molecular weight is 452 g/mol. The van der Waals surface area contributed by atoms with E-state index in [1.165, 1.54) is 58.0 Å². The van der Waals surface area contributed by atoms with E-state index < -0.39 is 0 Å². The molecule has 0 radical (unpaired) electrons. The lowest BCUT2D eigenvalue weighted by Crippen LogP contribution is -2.43. The van der Waals surface area contributed by atoms with Gasteiger partial charge in [-0.1, -0.05) is 19.3 Å². The van der Waals surface area contributed by atoms with Gasteiger partial charge >= 0.3 is 0 Å². The second-order valence-corrected chi connectivity index (χ2v) is 7.13. The van der Waals surface area contributed by atoms with Crippen molar-refractivity contribution in [2.24, 2.45) is 10.9 Å². The number of rotatable bonds is 7. The highest BCUT2D eigenvalue weighted by Crippen LogP contribution is 2.20. The number of piperidine rings is 1. The van der Waals surface area contributed by atoms with Gasteiger partial charge in [0, 0.05) is 33.3 Å². The van der Waals surface area contributed by atoms with E-state index in [1.54, 1.807) is 0 Å². The minimum absolute atomic E-state index is 0. The molecule has 1 saturated carbocycles. The Balaban J connectivity index is 0.00000288. The van der Waals surface area contributed by atoms with E-state index in [2.05, 4.69) is 27.6 Å². The maximum atomic E-state index is 5.96. The molecule has 0 amide bonds. The van der Waals surface area contributed by atoms with Gasteiger partial charge in [0.15, 0.2) is 5.96 Å². The summed E-state index contributed by atoms with van der Waals surface area (Å²) in [5.74, 6) is 1.66. The highest BCUT2D eigenvalue weighted by atomic mass is 127. The van der Waals surface area contributed by atoms with Crippen LogP contribution < -0.4 is 10.6 Å². The largest absolute Gasteiger partial charge is 0.378 e. The molecule has 2 aliphatic rings. The molecule has 6 heteroatoms. The Hall–Kier alpha value is -0.0800. The van der Waals surface area contributed by atoms with Crippen LogP contribution in [-0.4, -0.2) is 63.8 Å². The van der Waals surface area contributed by atoms with Crippen LogP contribution in [0.15, 0.2) is 4.99 Å². The third-order valence-corrected chi connectivity index (χ3v) is 5.02. The summed E-state index contributed by atoms with van der Waals surface area (Å²) in [5.41, 5.74) is 0. The molecule has 1 saturated heterocycles. The quantitative estimate of drug-likeness (QED) is 0.270. The van der Waals surface area contributed by atoms with Crippen LogP contribution in [0.2, 0.25) is 0 Å². The van der Waals surface area contributed by atoms with Gasteiger partial charge in [0.2, 0.25) is 0 Å². The number of nitrogens with zero attached hydrogens (tertiary/aromatic N) is 2. The van der Waals surface area contributed by atoms with Gasteiger partial charge < -0.3 is 20.3 Å². The van der Waals surface area contributed by atoms with Crippen LogP contribution in [0.4, 0.5) is 0 Å². The number of hydrogen-bond donors (Lipinski definition) is 2. The van der Waals surface area contributed by atoms with Gasteiger partial charge in [-0.25, -0.2) is 0 Å². The molecule has 0 aromatic rings. The van der Waals surface area contributed by atoms with Crippen molar-refractivity contribution in [1.29, 1.82) is 0 Å². The second-order valence-electron chi connectivity index (χ2n) is 7.13. The highest BCUT2D eigenvalue weighted by Gasteiger charge is 2.17. The molecular weight excluding hydrogens is 415 g/mol. The molecule has 0 aromatic carbocycles. The standard InChI is InChI=1S/C18H36N4O.HI/c1-19-18(21-14-16-8-6-12-22(2)15-16)20-11-7-13-23-17-9-4-3-5-10-17;/h16-17H,3-15H2,1-2H3,(H2,19,20,21);1H. The van der Waals surface area contributed by atoms with Gasteiger partial charge in [-0.15, -0.1) is 24.0 Å². The molecule has 1 heterocycles. The Morgan fingerprint density at radius 3 is 2.62 bits per heavy atom. The van der Waals surface area contributed by atoms with E-state index in [0.717, 1.165) is 38.0 Å². The summed E-state index contributed by atoms with van der Waals surface area (Å²) in [6, 6.07) is 0. The maximum absolute atomic E-state index is 5.96. The zero-order valence-corrected chi connectivity index (χ0v) is 17.9. The molecule has 5 nitrogen and oxygen atoms in total. The van der Waals surface area contributed by atoms with Gasteiger partial charge in [0.05, 0.1) is 6.10 Å². The molecule has 0 spiro atoms. The molecule has 1 unspecified atom stereocenters. The van der Waals surface area contributed by atoms with Crippen LogP contribution in [-0.2, 0) is 4.74 Å². The minimum atomic E-state index is 0. The number of aliphatic imine (C=N–C) groups is 1. The summed E-state index contributed by atoms with van der Waals surface area (Å²) in [4.78, 5) is 6.74. The Kier molecular flexibility index (Phi) is 12.0. The zero-order valence-electron chi connectivity index (χ0n) is 15.6. The van der Waals surface area contributed by atoms with Gasteiger partial charge in [0.1, 0.15) is 0 Å². The van der Waals surface area contributed by atoms with Crippen LogP contribution in [0.3, 0.4) is 0 Å². The van der Waals surface area contributed by atoms with Crippen molar-refractivity contribution in [2.75, 3.05) is 46.9 Å². The summed E-state index contributed by atoms with van der Waals surface area (Å²) < 4.78 is 5.96. The molecule has 2 N–H and O–H groups in total. The van der Waals surface area contributed by atoms with Gasteiger partial charge in [-0.2, -0.15) is 0 Å². The number of hydrogen-bond acceptors (Lipinski definition) is 3. The fraction of sp³-hybridized carbons (Fsp3) is 0.944. The molecule has 2 fully saturated rings. The summed E-state index contributed by atoms with van der Waals surface area (Å²) in [6.07, 6.45) is 10.8. The van der Waals surface area contributed by atoms with E-state index in [4.69, 9.17) is 4.74 Å². The summed E-state index contributed by atoms with van der Waals surface area (Å²) in [7, 11) is 4.06. The lowest BCUT2D eigenvalue weighted by atomic mass is 9.98. The third-order valence-electron chi connectivity index (χ3n) is 5.02. The summed E-state index contributed by atoms with van der Waals surface area (Å²) >= 11 is 0. The Bertz CT molecular complexity index is 348. The normalized spacial score (nSPS) is 23.6. The van der Waals surface area contributed by atoms with Gasteiger partial charge in [-0.3, -0.25) is 4.99 Å². The number of guanidine groups is 1. The van der Waals surface area contributed by atoms with Crippen molar-refractivity contribution in [3.8, 4) is 0 Å². The smallest absolute Gasteiger partial charge is 0.190 e. The van der Waals surface area contributed by atoms with Crippen molar-refractivity contribution in [2.45, 2.75) is 57.5 Å². The molecule has 1 aliphatic carbocycles. The van der Waals surface area contributed by atoms with Crippen molar-refractivity contribution in [3.63, 3.8) is 0 Å². The lowest BCUT2D eigenvalue weighted by Gasteiger charge is -2.30. The first kappa shape index (κ1) is 22.0. The fourth-order valence-corrected chi connectivity index (χ4v) is 3.66. The van der Waals surface area contributed by atoms with Crippen molar-refractivity contribution in [3.05, 3.63) is 0 Å². The van der Waals surface area contributed by atoms with E-state index in [9.17, 15) is 0 Å². The van der Waals surface area contributed by atoms with Gasteiger partial charge in [0.25, 0.3) is 0 Å². The average Bonchev–Trinajstić information content (AvgIpc) is 2.58. The van der Waals surface area contributed by atoms with Crippen LogP contribution >= 0.6 is 24.0 Å². The van der Waals surface area contributed by atoms with E-state index in [-0.39, 0.29) is 24.0 Å². The maximum Gasteiger partial charge on any atom is 0.190 e. The zero-order chi connectivity index (χ0) is 16.3. The Labute approximate surface area is 165 Å². The number of ether oxygens (including phenoxy) is 1. The topological polar surface area (TPSA) is 48.9 Å². The van der Waals surface area contributed by atoms with Crippen LogP contribution in [0.5, 0.6) is 0 Å². The fourth-order valence-electron chi connectivity index (χ4n) is 3.66. The first-order valence-corrected chi connectivity index (χ1v) is 9.52. The van der Waals surface area contributed by atoms with E-state index in [0.29, 0.717) is 6.10 Å². The number of halogens is 1. The second kappa shape index (κ2) is 13.2. The predicted octanol–water partition coefficient (Wildman–Crippen LogP) is 2.85.